The highest BCUT2D eigenvalue weighted by atomic mass is 35.5. The van der Waals surface area contributed by atoms with Crippen LogP contribution in [0.25, 0.3) is 0 Å². The lowest BCUT2D eigenvalue weighted by atomic mass is 10.1. The standard InChI is InChI=1S/C28H31ClFN3O4S/c1-4-16-31-28(35)21(3)32(18-22-10-13-24(30)14-11-22)27(34)19-33(26-15-12-23(29)17-20(26)2)38(36,37)25-8-6-5-7-9-25/h5-15,17,21H,4,16,18-19H2,1-3H3,(H,31,35). The number of halogens is 2. The summed E-state index contributed by atoms with van der Waals surface area (Å²) in [5.41, 5.74) is 1.44. The molecule has 0 aliphatic heterocycles. The molecule has 0 heterocycles. The first-order valence-corrected chi connectivity index (χ1v) is 14.0. The SMILES string of the molecule is CCCNC(=O)C(C)N(Cc1ccc(F)cc1)C(=O)CN(c1ccc(Cl)cc1C)S(=O)(=O)c1ccccc1. The fourth-order valence-corrected chi connectivity index (χ4v) is 5.62. The van der Waals surface area contributed by atoms with Crippen molar-refractivity contribution in [2.45, 2.75) is 44.7 Å². The maximum Gasteiger partial charge on any atom is 0.264 e. The molecule has 2 amide bonds. The molecule has 0 aromatic heterocycles. The van der Waals surface area contributed by atoms with E-state index in [1.807, 2.05) is 6.92 Å². The van der Waals surface area contributed by atoms with Gasteiger partial charge in [-0.05, 0) is 73.9 Å². The predicted molar refractivity (Wildman–Crippen MR) is 147 cm³/mol. The molecule has 0 aliphatic carbocycles. The second-order valence-electron chi connectivity index (χ2n) is 8.87. The van der Waals surface area contributed by atoms with Crippen LogP contribution < -0.4 is 9.62 Å². The zero-order valence-corrected chi connectivity index (χ0v) is 23.1. The van der Waals surface area contributed by atoms with Crippen LogP contribution in [-0.4, -0.2) is 44.3 Å². The number of carbonyl (C=O) groups is 2. The second-order valence-corrected chi connectivity index (χ2v) is 11.2. The van der Waals surface area contributed by atoms with Gasteiger partial charge in [0.05, 0.1) is 10.6 Å². The van der Waals surface area contributed by atoms with Gasteiger partial charge >= 0.3 is 0 Å². The zero-order valence-electron chi connectivity index (χ0n) is 21.5. The zero-order chi connectivity index (χ0) is 27.9. The maximum absolute atomic E-state index is 13.8. The normalized spacial score (nSPS) is 12.0. The molecule has 38 heavy (non-hydrogen) atoms. The molecule has 3 aromatic rings. The number of hydrogen-bond acceptors (Lipinski definition) is 4. The molecule has 0 fully saturated rings. The maximum atomic E-state index is 13.8. The third kappa shape index (κ3) is 7.11. The number of aryl methyl sites for hydroxylation is 1. The Labute approximate surface area is 228 Å². The van der Waals surface area contributed by atoms with Crippen molar-refractivity contribution >= 4 is 39.1 Å². The van der Waals surface area contributed by atoms with Crippen molar-refractivity contribution in [3.63, 3.8) is 0 Å². The molecule has 7 nitrogen and oxygen atoms in total. The lowest BCUT2D eigenvalue weighted by molar-refractivity contribution is -0.139. The van der Waals surface area contributed by atoms with Crippen LogP contribution >= 0.6 is 11.6 Å². The number of carbonyl (C=O) groups excluding carboxylic acids is 2. The third-order valence-electron chi connectivity index (χ3n) is 6.02. The Morgan fingerprint density at radius 1 is 1.03 bits per heavy atom. The van der Waals surface area contributed by atoms with Crippen molar-refractivity contribution in [1.29, 1.82) is 0 Å². The van der Waals surface area contributed by atoms with Crippen molar-refractivity contribution < 1.29 is 22.4 Å². The van der Waals surface area contributed by atoms with Gasteiger partial charge in [0.25, 0.3) is 10.0 Å². The summed E-state index contributed by atoms with van der Waals surface area (Å²) in [6, 6.07) is 17.2. The van der Waals surface area contributed by atoms with Crippen LogP contribution in [0.4, 0.5) is 10.1 Å². The van der Waals surface area contributed by atoms with E-state index in [1.54, 1.807) is 50.2 Å². The molecule has 0 spiro atoms. The van der Waals surface area contributed by atoms with Crippen molar-refractivity contribution in [2.24, 2.45) is 0 Å². The molecule has 3 rings (SSSR count). The summed E-state index contributed by atoms with van der Waals surface area (Å²) < 4.78 is 42.1. The van der Waals surface area contributed by atoms with E-state index in [-0.39, 0.29) is 23.0 Å². The van der Waals surface area contributed by atoms with Crippen molar-refractivity contribution in [3.8, 4) is 0 Å². The van der Waals surface area contributed by atoms with Gasteiger partial charge in [0.2, 0.25) is 11.8 Å². The Morgan fingerprint density at radius 2 is 1.68 bits per heavy atom. The predicted octanol–water partition coefficient (Wildman–Crippen LogP) is 4.93. The van der Waals surface area contributed by atoms with Crippen LogP contribution in [0.15, 0.2) is 77.7 Å². The van der Waals surface area contributed by atoms with Gasteiger partial charge in [-0.1, -0.05) is 48.9 Å². The van der Waals surface area contributed by atoms with Crippen LogP contribution in [0.2, 0.25) is 5.02 Å². The Kier molecular flexibility index (Phi) is 9.88. The molecule has 0 saturated carbocycles. The first-order chi connectivity index (χ1) is 18.0. The summed E-state index contributed by atoms with van der Waals surface area (Å²) in [5, 5.41) is 3.20. The fraction of sp³-hybridized carbons (Fsp3) is 0.286. The Bertz CT molecular complexity index is 1370. The number of nitrogens with zero attached hydrogens (tertiary/aromatic N) is 2. The monoisotopic (exact) mass is 559 g/mol. The Balaban J connectivity index is 2.03. The van der Waals surface area contributed by atoms with Crippen LogP contribution in [0, 0.1) is 12.7 Å². The van der Waals surface area contributed by atoms with Crippen LogP contribution in [0.5, 0.6) is 0 Å². The van der Waals surface area contributed by atoms with E-state index in [9.17, 15) is 22.4 Å². The van der Waals surface area contributed by atoms with E-state index < -0.39 is 34.3 Å². The molecular weight excluding hydrogens is 529 g/mol. The summed E-state index contributed by atoms with van der Waals surface area (Å²) in [5.74, 6) is -1.40. The number of sulfonamides is 1. The number of nitrogens with one attached hydrogen (secondary N) is 1. The average molecular weight is 560 g/mol. The lowest BCUT2D eigenvalue weighted by Crippen LogP contribution is -2.51. The highest BCUT2D eigenvalue weighted by Gasteiger charge is 2.33. The summed E-state index contributed by atoms with van der Waals surface area (Å²) in [4.78, 5) is 28.0. The van der Waals surface area contributed by atoms with Crippen molar-refractivity contribution in [2.75, 3.05) is 17.4 Å². The van der Waals surface area contributed by atoms with Crippen LogP contribution in [0.1, 0.15) is 31.4 Å². The molecule has 202 valence electrons. The average Bonchev–Trinajstić information content (AvgIpc) is 2.90. The number of rotatable bonds is 11. The smallest absolute Gasteiger partial charge is 0.264 e. The molecule has 3 aromatic carbocycles. The van der Waals surface area contributed by atoms with Gasteiger partial charge in [-0.25, -0.2) is 12.8 Å². The summed E-state index contributed by atoms with van der Waals surface area (Å²) in [7, 11) is -4.16. The highest BCUT2D eigenvalue weighted by Crippen LogP contribution is 2.29. The Morgan fingerprint density at radius 3 is 2.29 bits per heavy atom. The molecule has 1 atom stereocenters. The van der Waals surface area contributed by atoms with E-state index in [1.165, 1.54) is 41.3 Å². The number of anilines is 1. The minimum Gasteiger partial charge on any atom is -0.354 e. The van der Waals surface area contributed by atoms with E-state index in [2.05, 4.69) is 5.32 Å². The lowest BCUT2D eigenvalue weighted by Gasteiger charge is -2.32. The van der Waals surface area contributed by atoms with E-state index >= 15 is 0 Å². The molecule has 0 bridgehead atoms. The summed E-state index contributed by atoms with van der Waals surface area (Å²) >= 11 is 6.11. The summed E-state index contributed by atoms with van der Waals surface area (Å²) in [6.45, 7) is 5.05. The van der Waals surface area contributed by atoms with Gasteiger partial charge in [0.1, 0.15) is 18.4 Å². The molecule has 0 aliphatic rings. The topological polar surface area (TPSA) is 86.8 Å². The third-order valence-corrected chi connectivity index (χ3v) is 8.03. The summed E-state index contributed by atoms with van der Waals surface area (Å²) in [6.07, 6.45) is 0.712. The number of benzene rings is 3. The van der Waals surface area contributed by atoms with Gasteiger partial charge in [0, 0.05) is 18.1 Å². The fourth-order valence-electron chi connectivity index (χ4n) is 3.90. The Hall–Kier alpha value is -3.43. The second kappa shape index (κ2) is 12.9. The molecule has 10 heteroatoms. The number of amides is 2. The van der Waals surface area contributed by atoms with Gasteiger partial charge in [0.15, 0.2) is 0 Å². The molecule has 0 saturated heterocycles. The van der Waals surface area contributed by atoms with Crippen molar-refractivity contribution in [3.05, 3.63) is 94.8 Å². The molecular formula is C28H31ClFN3O4S. The van der Waals surface area contributed by atoms with Crippen LogP contribution in [-0.2, 0) is 26.2 Å². The number of hydrogen-bond donors (Lipinski definition) is 1. The minimum atomic E-state index is -4.16. The van der Waals surface area contributed by atoms with E-state index in [4.69, 9.17) is 11.6 Å². The van der Waals surface area contributed by atoms with Gasteiger partial charge in [-0.3, -0.25) is 13.9 Å². The first-order valence-electron chi connectivity index (χ1n) is 12.2. The van der Waals surface area contributed by atoms with E-state index in [0.29, 0.717) is 29.1 Å². The van der Waals surface area contributed by atoms with Crippen LogP contribution in [0.3, 0.4) is 0 Å². The highest BCUT2D eigenvalue weighted by molar-refractivity contribution is 7.92. The minimum absolute atomic E-state index is 0.0148. The molecule has 1 unspecified atom stereocenters. The van der Waals surface area contributed by atoms with Crippen molar-refractivity contribution in [1.82, 2.24) is 10.2 Å². The van der Waals surface area contributed by atoms with E-state index in [0.717, 1.165) is 4.31 Å². The van der Waals surface area contributed by atoms with Gasteiger partial charge < -0.3 is 10.2 Å². The first kappa shape index (κ1) is 29.1. The molecule has 1 N–H and O–H groups in total. The quantitative estimate of drug-likeness (QED) is 0.361. The van der Waals surface area contributed by atoms with Gasteiger partial charge in [-0.2, -0.15) is 0 Å². The molecule has 0 radical (unpaired) electrons. The van der Waals surface area contributed by atoms with Gasteiger partial charge in [-0.15, -0.1) is 0 Å². The largest absolute Gasteiger partial charge is 0.354 e.